The van der Waals surface area contributed by atoms with E-state index in [1.807, 2.05) is 59.2 Å². The molecule has 0 saturated heterocycles. The number of rotatable bonds is 9. The Labute approximate surface area is 215 Å². The topological polar surface area (TPSA) is 90.6 Å². The third-order valence-corrected chi connectivity index (χ3v) is 6.31. The molecule has 8 nitrogen and oxygen atoms in total. The molecule has 0 unspecified atom stereocenters. The van der Waals surface area contributed by atoms with Gasteiger partial charge >= 0.3 is 0 Å². The molecule has 0 spiro atoms. The van der Waals surface area contributed by atoms with E-state index < -0.39 is 0 Å². The van der Waals surface area contributed by atoms with Gasteiger partial charge in [0.1, 0.15) is 11.5 Å². The number of carbonyl (C=O) groups is 1. The largest absolute Gasteiger partial charge is 0.497 e. The van der Waals surface area contributed by atoms with Gasteiger partial charge in [-0.05, 0) is 42.5 Å². The van der Waals surface area contributed by atoms with Crippen molar-refractivity contribution in [1.82, 2.24) is 20.2 Å². The molecule has 1 aromatic heterocycles. The van der Waals surface area contributed by atoms with Crippen LogP contribution in [0.5, 0.6) is 11.5 Å². The van der Waals surface area contributed by atoms with Crippen molar-refractivity contribution >= 4 is 39.8 Å². The highest BCUT2D eigenvalue weighted by Crippen LogP contribution is 2.29. The number of benzene rings is 3. The monoisotopic (exact) mass is 551 g/mol. The molecule has 4 rings (SSSR count). The molecule has 0 saturated carbocycles. The van der Waals surface area contributed by atoms with Gasteiger partial charge in [-0.1, -0.05) is 58.0 Å². The smallest absolute Gasteiger partial charge is 0.250 e. The number of thioether (sulfide) groups is 1. The van der Waals surface area contributed by atoms with Crippen molar-refractivity contribution in [2.75, 3.05) is 20.0 Å². The molecule has 3 aromatic carbocycles. The maximum Gasteiger partial charge on any atom is 0.250 e. The Hall–Kier alpha value is -3.63. The number of ether oxygens (including phenoxy) is 2. The van der Waals surface area contributed by atoms with Crippen molar-refractivity contribution in [1.29, 1.82) is 0 Å². The molecule has 0 aliphatic rings. The summed E-state index contributed by atoms with van der Waals surface area (Å²) in [4.78, 5) is 12.5. The zero-order valence-corrected chi connectivity index (χ0v) is 21.4. The van der Waals surface area contributed by atoms with Crippen LogP contribution in [0.1, 0.15) is 5.56 Å². The third-order valence-electron chi connectivity index (χ3n) is 4.89. The van der Waals surface area contributed by atoms with Crippen molar-refractivity contribution in [2.45, 2.75) is 5.16 Å². The fourth-order valence-corrected chi connectivity index (χ4v) is 4.41. The second kappa shape index (κ2) is 11.7. The molecule has 0 aliphatic heterocycles. The van der Waals surface area contributed by atoms with Crippen LogP contribution in [0.3, 0.4) is 0 Å². The molecular weight excluding hydrogens is 530 g/mol. The Balaban J connectivity index is 1.49. The number of nitrogens with one attached hydrogen (secondary N) is 1. The summed E-state index contributed by atoms with van der Waals surface area (Å²) in [5.74, 6) is 1.80. The Kier molecular flexibility index (Phi) is 8.17. The van der Waals surface area contributed by atoms with E-state index in [1.54, 1.807) is 32.4 Å². The summed E-state index contributed by atoms with van der Waals surface area (Å²) >= 11 is 4.79. The molecule has 0 radical (unpaired) electrons. The van der Waals surface area contributed by atoms with Crippen molar-refractivity contribution in [2.24, 2.45) is 5.10 Å². The predicted molar refractivity (Wildman–Crippen MR) is 141 cm³/mol. The van der Waals surface area contributed by atoms with Crippen LogP contribution < -0.4 is 14.9 Å². The molecule has 1 amide bonds. The van der Waals surface area contributed by atoms with Crippen LogP contribution in [0.4, 0.5) is 0 Å². The molecular formula is C25H22BrN5O3S. The molecule has 1 N–H and O–H groups in total. The quantitative estimate of drug-likeness (QED) is 0.180. The van der Waals surface area contributed by atoms with E-state index in [4.69, 9.17) is 9.47 Å². The highest BCUT2D eigenvalue weighted by Gasteiger charge is 2.17. The molecule has 4 aromatic rings. The van der Waals surface area contributed by atoms with Gasteiger partial charge in [0.05, 0.1) is 26.2 Å². The van der Waals surface area contributed by atoms with E-state index in [-0.39, 0.29) is 11.7 Å². The first-order chi connectivity index (χ1) is 17.1. The van der Waals surface area contributed by atoms with Crippen LogP contribution in [-0.2, 0) is 4.79 Å². The van der Waals surface area contributed by atoms with E-state index in [2.05, 4.69) is 36.7 Å². The van der Waals surface area contributed by atoms with Gasteiger partial charge in [0.15, 0.2) is 11.0 Å². The predicted octanol–water partition coefficient (Wildman–Crippen LogP) is 4.96. The summed E-state index contributed by atoms with van der Waals surface area (Å²) < 4.78 is 13.4. The van der Waals surface area contributed by atoms with Crippen molar-refractivity contribution in [3.8, 4) is 28.6 Å². The second-order valence-corrected chi connectivity index (χ2v) is 9.04. The molecule has 1 heterocycles. The lowest BCUT2D eigenvalue weighted by molar-refractivity contribution is -0.118. The van der Waals surface area contributed by atoms with Gasteiger partial charge in [-0.2, -0.15) is 5.10 Å². The Bertz CT molecular complexity index is 1340. The number of aromatic nitrogens is 3. The Morgan fingerprint density at radius 2 is 1.89 bits per heavy atom. The molecule has 35 heavy (non-hydrogen) atoms. The maximum absolute atomic E-state index is 12.5. The number of nitrogens with zero attached hydrogens (tertiary/aromatic N) is 4. The zero-order chi connectivity index (χ0) is 24.6. The van der Waals surface area contributed by atoms with E-state index in [0.717, 1.165) is 15.7 Å². The number of carbonyl (C=O) groups excluding carboxylic acids is 1. The van der Waals surface area contributed by atoms with Crippen molar-refractivity contribution in [3.63, 3.8) is 0 Å². The lowest BCUT2D eigenvalue weighted by Crippen LogP contribution is -2.20. The van der Waals surface area contributed by atoms with Crippen LogP contribution in [-0.4, -0.2) is 46.9 Å². The Morgan fingerprint density at radius 1 is 1.06 bits per heavy atom. The first-order valence-electron chi connectivity index (χ1n) is 10.5. The number of amides is 1. The first kappa shape index (κ1) is 24.5. The second-order valence-electron chi connectivity index (χ2n) is 7.18. The van der Waals surface area contributed by atoms with Gasteiger partial charge in [0.25, 0.3) is 5.91 Å². The number of hydrazone groups is 1. The number of methoxy groups -OCH3 is 2. The van der Waals surface area contributed by atoms with E-state index in [1.165, 1.54) is 18.0 Å². The molecule has 178 valence electrons. The summed E-state index contributed by atoms with van der Waals surface area (Å²) in [6.45, 7) is 0. The van der Waals surface area contributed by atoms with Gasteiger partial charge in [-0.3, -0.25) is 9.36 Å². The maximum atomic E-state index is 12.5. The van der Waals surface area contributed by atoms with Gasteiger partial charge in [0.2, 0.25) is 0 Å². The molecule has 0 bridgehead atoms. The summed E-state index contributed by atoms with van der Waals surface area (Å²) in [5.41, 5.74) is 5.04. The van der Waals surface area contributed by atoms with Gasteiger partial charge < -0.3 is 9.47 Å². The van der Waals surface area contributed by atoms with Crippen LogP contribution in [0, 0.1) is 0 Å². The molecule has 0 aliphatic carbocycles. The first-order valence-corrected chi connectivity index (χ1v) is 12.3. The van der Waals surface area contributed by atoms with Crippen LogP contribution in [0.15, 0.2) is 87.5 Å². The van der Waals surface area contributed by atoms with Crippen LogP contribution in [0.25, 0.3) is 17.1 Å². The van der Waals surface area contributed by atoms with Gasteiger partial charge in [-0.25, -0.2) is 5.43 Å². The molecule has 0 atom stereocenters. The SMILES string of the molecule is COc1ccc(OC)c(C=NNC(=O)CSc2nnc(-c3cccc(Br)c3)n2-c2ccccc2)c1. The lowest BCUT2D eigenvalue weighted by atomic mass is 10.2. The van der Waals surface area contributed by atoms with Gasteiger partial charge in [-0.15, -0.1) is 10.2 Å². The minimum atomic E-state index is -0.278. The van der Waals surface area contributed by atoms with Crippen molar-refractivity contribution < 1.29 is 14.3 Å². The number of hydrogen-bond donors (Lipinski definition) is 1. The highest BCUT2D eigenvalue weighted by molar-refractivity contribution is 9.10. The standard InChI is InChI=1S/C25H22BrN5O3S/c1-33-21-11-12-22(34-2)18(14-21)15-27-28-23(32)16-35-25-30-29-24(17-7-6-8-19(26)13-17)31(25)20-9-4-3-5-10-20/h3-15H,16H2,1-2H3,(H,28,32). The summed E-state index contributed by atoms with van der Waals surface area (Å²) in [5, 5.41) is 13.4. The minimum absolute atomic E-state index is 0.107. The van der Waals surface area contributed by atoms with Gasteiger partial charge in [0, 0.05) is 21.3 Å². The third kappa shape index (κ3) is 6.09. The molecule has 0 fully saturated rings. The average Bonchev–Trinajstić information content (AvgIpc) is 3.32. The number of para-hydroxylation sites is 1. The van der Waals surface area contributed by atoms with Crippen molar-refractivity contribution in [3.05, 3.63) is 82.8 Å². The highest BCUT2D eigenvalue weighted by atomic mass is 79.9. The molecule has 10 heteroatoms. The fraction of sp³-hybridized carbons (Fsp3) is 0.120. The zero-order valence-electron chi connectivity index (χ0n) is 19.0. The van der Waals surface area contributed by atoms with Crippen LogP contribution in [0.2, 0.25) is 0 Å². The lowest BCUT2D eigenvalue weighted by Gasteiger charge is -2.10. The number of halogens is 1. The summed E-state index contributed by atoms with van der Waals surface area (Å²) in [6.07, 6.45) is 1.52. The van der Waals surface area contributed by atoms with E-state index in [9.17, 15) is 4.79 Å². The average molecular weight is 552 g/mol. The normalized spacial score (nSPS) is 10.9. The van der Waals surface area contributed by atoms with E-state index >= 15 is 0 Å². The summed E-state index contributed by atoms with van der Waals surface area (Å²) in [6, 6.07) is 23.0. The summed E-state index contributed by atoms with van der Waals surface area (Å²) in [7, 11) is 3.15. The fourth-order valence-electron chi connectivity index (χ4n) is 3.26. The van der Waals surface area contributed by atoms with E-state index in [0.29, 0.717) is 28.0 Å². The Morgan fingerprint density at radius 3 is 2.63 bits per heavy atom. The number of hydrogen-bond acceptors (Lipinski definition) is 7. The van der Waals surface area contributed by atoms with Crippen LogP contribution >= 0.6 is 27.7 Å². The minimum Gasteiger partial charge on any atom is -0.497 e.